The summed E-state index contributed by atoms with van der Waals surface area (Å²) in [6, 6.07) is 10.4. The van der Waals surface area contributed by atoms with Gasteiger partial charge in [-0.2, -0.15) is 0 Å². The highest BCUT2D eigenvalue weighted by molar-refractivity contribution is 7.20. The molecular weight excluding hydrogens is 322 g/mol. The molecule has 1 saturated heterocycles. The first kappa shape index (κ1) is 15.8. The van der Waals surface area contributed by atoms with E-state index in [1.807, 2.05) is 6.07 Å². The molecule has 0 aliphatic carbocycles. The van der Waals surface area contributed by atoms with Gasteiger partial charge in [0.05, 0.1) is 37.0 Å². The first-order chi connectivity index (χ1) is 11.9. The number of imidazole rings is 1. The van der Waals surface area contributed by atoms with Gasteiger partial charge in [-0.25, -0.2) is 4.98 Å². The van der Waals surface area contributed by atoms with Gasteiger partial charge in [0.2, 0.25) is 0 Å². The second-order valence-corrected chi connectivity index (χ2v) is 6.90. The van der Waals surface area contributed by atoms with Crippen LogP contribution in [0, 0.1) is 0 Å². The molecule has 3 aromatic rings. The van der Waals surface area contributed by atoms with Crippen LogP contribution in [0.2, 0.25) is 0 Å². The quantitative estimate of drug-likeness (QED) is 0.645. The van der Waals surface area contributed by atoms with E-state index >= 15 is 0 Å². The zero-order valence-electron chi connectivity index (χ0n) is 13.6. The molecular formula is C18H21N3O2S. The SMILES string of the molecule is c1ccc(-c2cn3cc(COCCN4CCOCC4)nc3s2)cc1. The molecule has 1 aromatic carbocycles. The van der Waals surface area contributed by atoms with E-state index in [-0.39, 0.29) is 0 Å². The van der Waals surface area contributed by atoms with Crippen LogP contribution in [0.1, 0.15) is 5.69 Å². The summed E-state index contributed by atoms with van der Waals surface area (Å²) in [4.78, 5) is 9.29. The molecule has 0 amide bonds. The van der Waals surface area contributed by atoms with Gasteiger partial charge in [0.25, 0.3) is 0 Å². The zero-order valence-corrected chi connectivity index (χ0v) is 14.4. The Hall–Kier alpha value is -1.73. The molecule has 1 fully saturated rings. The number of rotatable bonds is 6. The minimum Gasteiger partial charge on any atom is -0.379 e. The van der Waals surface area contributed by atoms with Crippen LogP contribution >= 0.6 is 11.3 Å². The Labute approximate surface area is 145 Å². The topological polar surface area (TPSA) is 39.0 Å². The van der Waals surface area contributed by atoms with Crippen LogP contribution in [0.25, 0.3) is 15.4 Å². The first-order valence-electron chi connectivity index (χ1n) is 8.29. The van der Waals surface area contributed by atoms with Crippen molar-refractivity contribution < 1.29 is 9.47 Å². The zero-order chi connectivity index (χ0) is 16.2. The number of nitrogens with zero attached hydrogens (tertiary/aromatic N) is 3. The molecule has 0 atom stereocenters. The van der Waals surface area contributed by atoms with Crippen LogP contribution in [0.5, 0.6) is 0 Å². The van der Waals surface area contributed by atoms with E-state index in [0.717, 1.165) is 50.1 Å². The summed E-state index contributed by atoms with van der Waals surface area (Å²) in [6.45, 7) is 5.95. The fourth-order valence-electron chi connectivity index (χ4n) is 2.84. The van der Waals surface area contributed by atoms with Gasteiger partial charge in [-0.15, -0.1) is 0 Å². The van der Waals surface area contributed by atoms with Crippen LogP contribution in [0.15, 0.2) is 42.7 Å². The molecule has 3 heterocycles. The molecule has 0 spiro atoms. The number of fused-ring (bicyclic) bond motifs is 1. The maximum Gasteiger partial charge on any atom is 0.194 e. The summed E-state index contributed by atoms with van der Waals surface area (Å²) in [5.74, 6) is 0. The third-order valence-corrected chi connectivity index (χ3v) is 5.22. The number of ether oxygens (including phenoxy) is 2. The molecule has 0 N–H and O–H groups in total. The molecule has 1 aliphatic heterocycles. The third kappa shape index (κ3) is 3.67. The second-order valence-electron chi connectivity index (χ2n) is 5.89. The molecule has 0 radical (unpaired) electrons. The van der Waals surface area contributed by atoms with Crippen LogP contribution < -0.4 is 0 Å². The molecule has 6 heteroatoms. The van der Waals surface area contributed by atoms with E-state index in [4.69, 9.17) is 9.47 Å². The number of morpholine rings is 1. The van der Waals surface area contributed by atoms with Crippen molar-refractivity contribution in [1.29, 1.82) is 0 Å². The lowest BCUT2D eigenvalue weighted by molar-refractivity contribution is 0.0177. The van der Waals surface area contributed by atoms with E-state index in [1.165, 1.54) is 10.4 Å². The van der Waals surface area contributed by atoms with Crippen molar-refractivity contribution >= 4 is 16.3 Å². The predicted octanol–water partition coefficient (Wildman–Crippen LogP) is 2.91. The van der Waals surface area contributed by atoms with Gasteiger partial charge < -0.3 is 9.47 Å². The minimum atomic E-state index is 0.569. The van der Waals surface area contributed by atoms with E-state index in [0.29, 0.717) is 6.61 Å². The molecule has 5 nitrogen and oxygen atoms in total. The van der Waals surface area contributed by atoms with Crippen molar-refractivity contribution in [3.8, 4) is 10.4 Å². The van der Waals surface area contributed by atoms with Crippen molar-refractivity contribution in [2.24, 2.45) is 0 Å². The molecule has 24 heavy (non-hydrogen) atoms. The number of thiazole rings is 1. The Morgan fingerprint density at radius 1 is 1.12 bits per heavy atom. The van der Waals surface area contributed by atoms with Gasteiger partial charge in [0.15, 0.2) is 4.96 Å². The smallest absolute Gasteiger partial charge is 0.194 e. The van der Waals surface area contributed by atoms with Crippen LogP contribution in [-0.4, -0.2) is 53.7 Å². The van der Waals surface area contributed by atoms with Crippen molar-refractivity contribution in [3.05, 3.63) is 48.4 Å². The molecule has 0 saturated carbocycles. The number of benzene rings is 1. The van der Waals surface area contributed by atoms with Crippen molar-refractivity contribution in [2.45, 2.75) is 6.61 Å². The van der Waals surface area contributed by atoms with Gasteiger partial charge in [-0.3, -0.25) is 9.30 Å². The monoisotopic (exact) mass is 343 g/mol. The average Bonchev–Trinajstić information content (AvgIpc) is 3.19. The summed E-state index contributed by atoms with van der Waals surface area (Å²) in [6.07, 6.45) is 4.20. The van der Waals surface area contributed by atoms with E-state index in [1.54, 1.807) is 11.3 Å². The average molecular weight is 343 g/mol. The maximum atomic E-state index is 5.78. The highest BCUT2D eigenvalue weighted by Crippen LogP contribution is 2.28. The molecule has 1 aliphatic rings. The summed E-state index contributed by atoms with van der Waals surface area (Å²) in [5.41, 5.74) is 2.22. The van der Waals surface area contributed by atoms with Crippen molar-refractivity contribution in [1.82, 2.24) is 14.3 Å². The largest absolute Gasteiger partial charge is 0.379 e. The van der Waals surface area contributed by atoms with Crippen molar-refractivity contribution in [3.63, 3.8) is 0 Å². The lowest BCUT2D eigenvalue weighted by atomic mass is 10.2. The Bertz CT molecular complexity index is 747. The Balaban J connectivity index is 1.31. The van der Waals surface area contributed by atoms with E-state index in [9.17, 15) is 0 Å². The molecule has 0 unspecified atom stereocenters. The van der Waals surface area contributed by atoms with Crippen molar-refractivity contribution in [2.75, 3.05) is 39.5 Å². The van der Waals surface area contributed by atoms with Gasteiger partial charge in [0.1, 0.15) is 0 Å². The maximum absolute atomic E-state index is 5.78. The third-order valence-electron chi connectivity index (χ3n) is 4.17. The van der Waals surface area contributed by atoms with Gasteiger partial charge in [-0.1, -0.05) is 41.7 Å². The lowest BCUT2D eigenvalue weighted by Gasteiger charge is -2.26. The van der Waals surface area contributed by atoms with Gasteiger partial charge in [-0.05, 0) is 5.56 Å². The van der Waals surface area contributed by atoms with E-state index < -0.39 is 0 Å². The Morgan fingerprint density at radius 2 is 1.96 bits per heavy atom. The number of hydrogen-bond donors (Lipinski definition) is 0. The predicted molar refractivity (Wildman–Crippen MR) is 95.4 cm³/mol. The summed E-state index contributed by atoms with van der Waals surface area (Å²) >= 11 is 1.71. The fourth-order valence-corrected chi connectivity index (χ4v) is 3.84. The van der Waals surface area contributed by atoms with Crippen LogP contribution in [-0.2, 0) is 16.1 Å². The standard InChI is InChI=1S/C18H21N3O2S/c1-2-4-15(5-3-1)17-13-21-12-16(19-18(21)24-17)14-23-11-8-20-6-9-22-10-7-20/h1-5,12-13H,6-11,14H2. The Kier molecular flexibility index (Phi) is 4.89. The lowest BCUT2D eigenvalue weighted by Crippen LogP contribution is -2.38. The summed E-state index contributed by atoms with van der Waals surface area (Å²) in [7, 11) is 0. The molecule has 2 aromatic heterocycles. The highest BCUT2D eigenvalue weighted by Gasteiger charge is 2.11. The summed E-state index contributed by atoms with van der Waals surface area (Å²) < 4.78 is 13.2. The summed E-state index contributed by atoms with van der Waals surface area (Å²) in [5, 5.41) is 0. The normalized spacial score (nSPS) is 16.0. The second kappa shape index (κ2) is 7.44. The highest BCUT2D eigenvalue weighted by atomic mass is 32.1. The Morgan fingerprint density at radius 3 is 2.75 bits per heavy atom. The fraction of sp³-hybridized carbons (Fsp3) is 0.389. The van der Waals surface area contributed by atoms with Gasteiger partial charge in [0, 0.05) is 32.0 Å². The number of aromatic nitrogens is 2. The van der Waals surface area contributed by atoms with Crippen LogP contribution in [0.4, 0.5) is 0 Å². The molecule has 0 bridgehead atoms. The minimum absolute atomic E-state index is 0.569. The van der Waals surface area contributed by atoms with E-state index in [2.05, 4.69) is 50.9 Å². The molecule has 4 rings (SSSR count). The molecule has 126 valence electrons. The number of hydrogen-bond acceptors (Lipinski definition) is 5. The van der Waals surface area contributed by atoms with Gasteiger partial charge >= 0.3 is 0 Å². The first-order valence-corrected chi connectivity index (χ1v) is 9.11. The van der Waals surface area contributed by atoms with Crippen LogP contribution in [0.3, 0.4) is 0 Å².